The lowest BCUT2D eigenvalue weighted by Gasteiger charge is -1.91. The lowest BCUT2D eigenvalue weighted by Crippen LogP contribution is -1.98. The highest BCUT2D eigenvalue weighted by atomic mass is 16.1. The van der Waals surface area contributed by atoms with Crippen molar-refractivity contribution in [2.75, 3.05) is 0 Å². The number of carbonyl (C=O) groups is 1. The molecule has 0 aromatic heterocycles. The van der Waals surface area contributed by atoms with E-state index in [-0.39, 0.29) is 5.78 Å². The first-order valence-electron chi connectivity index (χ1n) is 3.93. The summed E-state index contributed by atoms with van der Waals surface area (Å²) < 4.78 is 0. The van der Waals surface area contributed by atoms with Gasteiger partial charge in [0.1, 0.15) is 6.07 Å². The summed E-state index contributed by atoms with van der Waals surface area (Å²) >= 11 is 0. The minimum atomic E-state index is -0.0283. The molecule has 1 aliphatic rings. The Kier molecular flexibility index (Phi) is 2.43. The van der Waals surface area contributed by atoms with Gasteiger partial charge in [-0.1, -0.05) is 13.0 Å². The van der Waals surface area contributed by atoms with Crippen LogP contribution in [-0.4, -0.2) is 5.78 Å². The van der Waals surface area contributed by atoms with Gasteiger partial charge in [-0.05, 0) is 18.8 Å². The van der Waals surface area contributed by atoms with Crippen LogP contribution in [0.4, 0.5) is 0 Å². The summed E-state index contributed by atoms with van der Waals surface area (Å²) in [6.07, 6.45) is 4.53. The Labute approximate surface area is 66.5 Å². The summed E-state index contributed by atoms with van der Waals surface area (Å²) in [5.41, 5.74) is 0.356. The van der Waals surface area contributed by atoms with Gasteiger partial charge >= 0.3 is 0 Å². The molecule has 1 rings (SSSR count). The van der Waals surface area contributed by atoms with Crippen molar-refractivity contribution in [3.63, 3.8) is 0 Å². The molecule has 0 aromatic rings. The van der Waals surface area contributed by atoms with Crippen molar-refractivity contribution in [2.45, 2.75) is 26.2 Å². The number of hydrogen-bond acceptors (Lipinski definition) is 2. The number of allylic oxidation sites excluding steroid dienone is 2. The molecule has 0 N–H and O–H groups in total. The first-order valence-corrected chi connectivity index (χ1v) is 3.93. The SMILES string of the molecule is CCC(=O)/C(C#N)=C\C1CC1. The van der Waals surface area contributed by atoms with Crippen LogP contribution < -0.4 is 0 Å². The average Bonchev–Trinajstić information content (AvgIpc) is 2.82. The van der Waals surface area contributed by atoms with Crippen LogP contribution in [0.5, 0.6) is 0 Å². The molecule has 0 heterocycles. The van der Waals surface area contributed by atoms with Gasteiger partial charge in [-0.15, -0.1) is 0 Å². The third kappa shape index (κ3) is 2.19. The fourth-order valence-corrected chi connectivity index (χ4v) is 0.882. The Hall–Kier alpha value is -1.10. The zero-order valence-corrected chi connectivity index (χ0v) is 6.63. The molecular weight excluding hydrogens is 138 g/mol. The van der Waals surface area contributed by atoms with Crippen molar-refractivity contribution >= 4 is 5.78 Å². The van der Waals surface area contributed by atoms with E-state index in [1.54, 1.807) is 6.92 Å². The van der Waals surface area contributed by atoms with Gasteiger partial charge in [-0.25, -0.2) is 0 Å². The van der Waals surface area contributed by atoms with Crippen molar-refractivity contribution in [3.05, 3.63) is 11.6 Å². The number of Topliss-reactive ketones (excluding diaryl/α,β-unsaturated/α-hetero) is 1. The fraction of sp³-hybridized carbons (Fsp3) is 0.556. The van der Waals surface area contributed by atoms with Crippen molar-refractivity contribution < 1.29 is 4.79 Å². The minimum Gasteiger partial charge on any atom is -0.293 e. The van der Waals surface area contributed by atoms with E-state index in [9.17, 15) is 4.79 Å². The molecule has 11 heavy (non-hydrogen) atoms. The third-order valence-electron chi connectivity index (χ3n) is 1.77. The van der Waals surface area contributed by atoms with Crippen LogP contribution in [0.2, 0.25) is 0 Å². The maximum Gasteiger partial charge on any atom is 0.172 e. The number of carbonyl (C=O) groups excluding carboxylic acids is 1. The fourth-order valence-electron chi connectivity index (χ4n) is 0.882. The molecule has 0 aliphatic heterocycles. The van der Waals surface area contributed by atoms with E-state index in [0.717, 1.165) is 12.8 Å². The maximum atomic E-state index is 11.0. The molecule has 1 fully saturated rings. The number of rotatable bonds is 3. The minimum absolute atomic E-state index is 0.0283. The van der Waals surface area contributed by atoms with Gasteiger partial charge in [-0.2, -0.15) is 5.26 Å². The van der Waals surface area contributed by atoms with Gasteiger partial charge in [0.25, 0.3) is 0 Å². The lowest BCUT2D eigenvalue weighted by atomic mass is 10.1. The first kappa shape index (κ1) is 8.00. The Morgan fingerprint density at radius 2 is 2.36 bits per heavy atom. The highest BCUT2D eigenvalue weighted by Gasteiger charge is 2.20. The van der Waals surface area contributed by atoms with Gasteiger partial charge in [0.15, 0.2) is 5.78 Å². The van der Waals surface area contributed by atoms with E-state index in [4.69, 9.17) is 5.26 Å². The molecule has 0 bridgehead atoms. The van der Waals surface area contributed by atoms with Crippen LogP contribution in [0.15, 0.2) is 11.6 Å². The molecule has 2 nitrogen and oxygen atoms in total. The molecule has 1 saturated carbocycles. The van der Waals surface area contributed by atoms with E-state index in [2.05, 4.69) is 0 Å². The van der Waals surface area contributed by atoms with Crippen molar-refractivity contribution in [1.82, 2.24) is 0 Å². The molecule has 2 heteroatoms. The third-order valence-corrected chi connectivity index (χ3v) is 1.77. The monoisotopic (exact) mass is 149 g/mol. The Bertz CT molecular complexity index is 230. The summed E-state index contributed by atoms with van der Waals surface area (Å²) in [5, 5.41) is 8.57. The summed E-state index contributed by atoms with van der Waals surface area (Å²) in [7, 11) is 0. The topological polar surface area (TPSA) is 40.9 Å². The molecule has 58 valence electrons. The number of ketones is 1. The highest BCUT2D eigenvalue weighted by molar-refractivity contribution is 5.98. The lowest BCUT2D eigenvalue weighted by molar-refractivity contribution is -0.114. The standard InChI is InChI=1S/C9H11NO/c1-2-9(11)8(6-10)5-7-3-4-7/h5,7H,2-4H2,1H3/b8-5-. The first-order chi connectivity index (χ1) is 5.27. The summed E-state index contributed by atoms with van der Waals surface area (Å²) in [6, 6.07) is 1.94. The van der Waals surface area contributed by atoms with E-state index in [0.29, 0.717) is 17.9 Å². The van der Waals surface area contributed by atoms with Gasteiger partial charge < -0.3 is 0 Å². The quantitative estimate of drug-likeness (QED) is 0.453. The normalized spacial score (nSPS) is 17.6. The Morgan fingerprint density at radius 3 is 2.73 bits per heavy atom. The molecular formula is C9H11NO. The molecule has 0 saturated heterocycles. The maximum absolute atomic E-state index is 11.0. The van der Waals surface area contributed by atoms with Crippen LogP contribution in [0, 0.1) is 17.2 Å². The predicted molar refractivity (Wildman–Crippen MR) is 41.7 cm³/mol. The average molecular weight is 149 g/mol. The molecule has 0 radical (unpaired) electrons. The van der Waals surface area contributed by atoms with Crippen LogP contribution in [0.3, 0.4) is 0 Å². The van der Waals surface area contributed by atoms with E-state index >= 15 is 0 Å². The van der Waals surface area contributed by atoms with E-state index in [1.165, 1.54) is 0 Å². The molecule has 1 aliphatic carbocycles. The summed E-state index contributed by atoms with van der Waals surface area (Å²) in [6.45, 7) is 1.78. The second-order valence-electron chi connectivity index (χ2n) is 2.81. The zero-order chi connectivity index (χ0) is 8.27. The van der Waals surface area contributed by atoms with Crippen molar-refractivity contribution in [3.8, 4) is 6.07 Å². The molecule has 0 unspecified atom stereocenters. The Morgan fingerprint density at radius 1 is 1.73 bits per heavy atom. The zero-order valence-electron chi connectivity index (χ0n) is 6.63. The van der Waals surface area contributed by atoms with Gasteiger partial charge in [0.05, 0.1) is 5.57 Å². The molecule has 0 atom stereocenters. The van der Waals surface area contributed by atoms with Gasteiger partial charge in [0.2, 0.25) is 0 Å². The van der Waals surface area contributed by atoms with Crippen molar-refractivity contribution in [1.29, 1.82) is 5.26 Å². The van der Waals surface area contributed by atoms with Crippen LogP contribution >= 0.6 is 0 Å². The van der Waals surface area contributed by atoms with Crippen molar-refractivity contribution in [2.24, 2.45) is 5.92 Å². The highest BCUT2D eigenvalue weighted by Crippen LogP contribution is 2.31. The second kappa shape index (κ2) is 3.34. The van der Waals surface area contributed by atoms with Gasteiger partial charge in [0, 0.05) is 6.42 Å². The smallest absolute Gasteiger partial charge is 0.172 e. The van der Waals surface area contributed by atoms with E-state index < -0.39 is 0 Å². The molecule has 0 aromatic carbocycles. The number of hydrogen-bond donors (Lipinski definition) is 0. The Balaban J connectivity index is 2.62. The largest absolute Gasteiger partial charge is 0.293 e. The van der Waals surface area contributed by atoms with E-state index in [1.807, 2.05) is 12.1 Å². The van der Waals surface area contributed by atoms with Crippen LogP contribution in [0.25, 0.3) is 0 Å². The van der Waals surface area contributed by atoms with Crippen LogP contribution in [-0.2, 0) is 4.79 Å². The second-order valence-corrected chi connectivity index (χ2v) is 2.81. The number of nitrogens with zero attached hydrogens (tertiary/aromatic N) is 1. The number of nitriles is 1. The van der Waals surface area contributed by atoms with Crippen LogP contribution in [0.1, 0.15) is 26.2 Å². The predicted octanol–water partition coefficient (Wildman–Crippen LogP) is 1.83. The van der Waals surface area contributed by atoms with Gasteiger partial charge in [-0.3, -0.25) is 4.79 Å². The molecule has 0 spiro atoms. The summed E-state index contributed by atoms with van der Waals surface area (Å²) in [5.74, 6) is 0.486. The molecule has 0 amide bonds. The summed E-state index contributed by atoms with van der Waals surface area (Å²) in [4.78, 5) is 11.0.